The topological polar surface area (TPSA) is 159 Å². The first kappa shape index (κ1) is 30.0. The third kappa shape index (κ3) is 6.62. The van der Waals surface area contributed by atoms with Gasteiger partial charge in [0.2, 0.25) is 21.8 Å². The van der Waals surface area contributed by atoms with Gasteiger partial charge in [0.1, 0.15) is 18.1 Å². The zero-order chi connectivity index (χ0) is 30.6. The Bertz CT molecular complexity index is 1720. The molecule has 1 saturated carbocycles. The molecule has 0 unspecified atom stereocenters. The van der Waals surface area contributed by atoms with Crippen LogP contribution in [0.15, 0.2) is 71.6 Å². The minimum Gasteiger partial charge on any atom is -0.493 e. The van der Waals surface area contributed by atoms with Gasteiger partial charge in [0.15, 0.2) is 11.5 Å². The first-order valence-corrected chi connectivity index (χ1v) is 15.5. The number of para-hydroxylation sites is 1. The van der Waals surface area contributed by atoms with E-state index in [1.54, 1.807) is 30.3 Å². The number of nitrogens with two attached hydrogens (primary N) is 1. The van der Waals surface area contributed by atoms with Gasteiger partial charge in [0.25, 0.3) is 0 Å². The zero-order valence-electron chi connectivity index (χ0n) is 24.0. The summed E-state index contributed by atoms with van der Waals surface area (Å²) >= 11 is 0. The predicted octanol–water partition coefficient (Wildman–Crippen LogP) is 3.32. The van der Waals surface area contributed by atoms with Gasteiger partial charge in [0, 0.05) is 11.7 Å². The Kier molecular flexibility index (Phi) is 8.92. The van der Waals surface area contributed by atoms with Gasteiger partial charge in [-0.25, -0.2) is 18.2 Å². The van der Waals surface area contributed by atoms with Gasteiger partial charge in [-0.05, 0) is 66.9 Å². The van der Waals surface area contributed by atoms with Gasteiger partial charge in [0.05, 0.1) is 24.6 Å². The van der Waals surface area contributed by atoms with E-state index in [0.717, 1.165) is 32.1 Å². The third-order valence-electron chi connectivity index (χ3n) is 7.60. The van der Waals surface area contributed by atoms with Gasteiger partial charge in [-0.15, -0.1) is 5.10 Å². The number of benzene rings is 3. The first-order chi connectivity index (χ1) is 20.7. The standard InChI is InChI=1S/C30H34N6O6S/c1-41-26-17-12-20(18-27(26)42-2)29(30(38)32-21-8-4-3-5-9-21)36(22-13-15-23(16-14-22)43(31,39)40)28(37)19-35-25-11-7-6-10-24(25)33-34-35/h6-7,10-18,21,29H,3-5,8-9,19H2,1-2H3,(H,32,38)(H2,31,39,40)/t29-/m1/s1. The Morgan fingerprint density at radius 3 is 2.37 bits per heavy atom. The lowest BCUT2D eigenvalue weighted by molar-refractivity contribution is -0.127. The third-order valence-corrected chi connectivity index (χ3v) is 8.53. The predicted molar refractivity (Wildman–Crippen MR) is 160 cm³/mol. The summed E-state index contributed by atoms with van der Waals surface area (Å²) in [5.41, 5.74) is 2.03. The van der Waals surface area contributed by atoms with E-state index in [-0.39, 0.29) is 23.4 Å². The molecule has 0 aliphatic heterocycles. The van der Waals surface area contributed by atoms with Crippen molar-refractivity contribution in [1.29, 1.82) is 0 Å². The lowest BCUT2D eigenvalue weighted by Crippen LogP contribution is -2.48. The highest BCUT2D eigenvalue weighted by atomic mass is 32.2. The summed E-state index contributed by atoms with van der Waals surface area (Å²) in [7, 11) is -0.991. The largest absolute Gasteiger partial charge is 0.493 e. The SMILES string of the molecule is COc1ccc([C@H](C(=O)NC2CCCCC2)N(C(=O)Cn2nnc3ccccc32)c2ccc(S(N)(=O)=O)cc2)cc1OC. The number of fused-ring (bicyclic) bond motifs is 1. The lowest BCUT2D eigenvalue weighted by atomic mass is 9.94. The molecule has 12 nitrogen and oxygen atoms in total. The van der Waals surface area contributed by atoms with Crippen LogP contribution in [0, 0.1) is 0 Å². The maximum atomic E-state index is 14.3. The van der Waals surface area contributed by atoms with Gasteiger partial charge < -0.3 is 14.8 Å². The Balaban J connectivity index is 1.62. The number of carbonyl (C=O) groups is 2. The van der Waals surface area contributed by atoms with E-state index in [1.165, 1.54) is 48.1 Å². The number of anilines is 1. The number of hydrogen-bond acceptors (Lipinski definition) is 8. The van der Waals surface area contributed by atoms with Gasteiger partial charge >= 0.3 is 0 Å². The van der Waals surface area contributed by atoms with Crippen molar-refractivity contribution in [3.05, 3.63) is 72.3 Å². The van der Waals surface area contributed by atoms with Crippen molar-refractivity contribution >= 4 is 38.6 Å². The van der Waals surface area contributed by atoms with E-state index in [0.29, 0.717) is 33.8 Å². The lowest BCUT2D eigenvalue weighted by Gasteiger charge is -2.33. The molecule has 5 rings (SSSR count). The van der Waals surface area contributed by atoms with Gasteiger partial charge in [-0.2, -0.15) is 0 Å². The molecular formula is C30H34N6O6S. The summed E-state index contributed by atoms with van der Waals surface area (Å²) in [6, 6.07) is 16.6. The second kappa shape index (κ2) is 12.8. The van der Waals surface area contributed by atoms with Crippen molar-refractivity contribution in [2.75, 3.05) is 19.1 Å². The Hall–Kier alpha value is -4.49. The van der Waals surface area contributed by atoms with Crippen molar-refractivity contribution in [3.8, 4) is 11.5 Å². The summed E-state index contributed by atoms with van der Waals surface area (Å²) < 4.78 is 36.4. The Morgan fingerprint density at radius 1 is 1.00 bits per heavy atom. The molecule has 226 valence electrons. The van der Waals surface area contributed by atoms with Crippen LogP contribution >= 0.6 is 0 Å². The fourth-order valence-electron chi connectivity index (χ4n) is 5.44. The number of nitrogens with zero attached hydrogens (tertiary/aromatic N) is 4. The van der Waals surface area contributed by atoms with Crippen LogP contribution in [-0.2, 0) is 26.2 Å². The van der Waals surface area contributed by atoms with Crippen molar-refractivity contribution < 1.29 is 27.5 Å². The maximum absolute atomic E-state index is 14.3. The normalized spacial score (nSPS) is 14.7. The van der Waals surface area contributed by atoms with Crippen LogP contribution in [0.4, 0.5) is 5.69 Å². The number of rotatable bonds is 10. The molecule has 2 amide bonds. The first-order valence-electron chi connectivity index (χ1n) is 13.9. The second-order valence-electron chi connectivity index (χ2n) is 10.4. The number of methoxy groups -OCH3 is 2. The van der Waals surface area contributed by atoms with Crippen LogP contribution in [0.3, 0.4) is 0 Å². The molecule has 0 saturated heterocycles. The van der Waals surface area contributed by atoms with Crippen molar-refractivity contribution in [1.82, 2.24) is 20.3 Å². The summed E-state index contributed by atoms with van der Waals surface area (Å²) in [4.78, 5) is 29.7. The molecule has 1 atom stereocenters. The van der Waals surface area contributed by atoms with Gasteiger partial charge in [-0.3, -0.25) is 14.5 Å². The van der Waals surface area contributed by atoms with Crippen molar-refractivity contribution in [3.63, 3.8) is 0 Å². The molecule has 1 aliphatic carbocycles. The van der Waals surface area contributed by atoms with E-state index in [2.05, 4.69) is 15.6 Å². The van der Waals surface area contributed by atoms with Crippen LogP contribution in [-0.4, -0.2) is 55.5 Å². The van der Waals surface area contributed by atoms with E-state index in [1.807, 2.05) is 12.1 Å². The minimum absolute atomic E-state index is 0.0372. The molecule has 13 heteroatoms. The molecule has 1 aliphatic rings. The minimum atomic E-state index is -3.99. The molecule has 3 N–H and O–H groups in total. The second-order valence-corrected chi connectivity index (χ2v) is 12.0. The maximum Gasteiger partial charge on any atom is 0.249 e. The fourth-order valence-corrected chi connectivity index (χ4v) is 5.95. The smallest absolute Gasteiger partial charge is 0.249 e. The Labute approximate surface area is 249 Å². The summed E-state index contributed by atoms with van der Waals surface area (Å²) in [6.45, 7) is -0.238. The quantitative estimate of drug-likeness (QED) is 0.278. The Morgan fingerprint density at radius 2 is 1.70 bits per heavy atom. The number of nitrogens with one attached hydrogen (secondary N) is 1. The van der Waals surface area contributed by atoms with E-state index < -0.39 is 22.0 Å². The molecular weight excluding hydrogens is 572 g/mol. The molecule has 4 aromatic rings. The van der Waals surface area contributed by atoms with E-state index in [9.17, 15) is 18.0 Å². The number of primary sulfonamides is 1. The molecule has 43 heavy (non-hydrogen) atoms. The number of sulfonamides is 1. The monoisotopic (exact) mass is 606 g/mol. The number of ether oxygens (including phenoxy) is 2. The van der Waals surface area contributed by atoms with Gasteiger partial charge in [-0.1, -0.05) is 42.7 Å². The fraction of sp³-hybridized carbons (Fsp3) is 0.333. The average Bonchev–Trinajstić information content (AvgIpc) is 3.42. The summed E-state index contributed by atoms with van der Waals surface area (Å²) in [6.07, 6.45) is 4.79. The van der Waals surface area contributed by atoms with E-state index in [4.69, 9.17) is 14.6 Å². The van der Waals surface area contributed by atoms with Crippen LogP contribution in [0.2, 0.25) is 0 Å². The highest BCUT2D eigenvalue weighted by Crippen LogP contribution is 2.35. The zero-order valence-corrected chi connectivity index (χ0v) is 24.8. The van der Waals surface area contributed by atoms with Crippen molar-refractivity contribution in [2.45, 2.75) is 55.6 Å². The van der Waals surface area contributed by atoms with Crippen LogP contribution in [0.25, 0.3) is 11.0 Å². The molecule has 0 radical (unpaired) electrons. The molecule has 0 bridgehead atoms. The molecule has 3 aromatic carbocycles. The molecule has 1 fully saturated rings. The number of carbonyl (C=O) groups excluding carboxylic acids is 2. The number of hydrogen-bond donors (Lipinski definition) is 2. The molecule has 0 spiro atoms. The molecule has 1 heterocycles. The number of amides is 2. The summed E-state index contributed by atoms with van der Waals surface area (Å²) in [5.74, 6) is -0.0131. The van der Waals surface area contributed by atoms with Crippen LogP contribution < -0.4 is 24.8 Å². The average molecular weight is 607 g/mol. The number of aromatic nitrogens is 3. The summed E-state index contributed by atoms with van der Waals surface area (Å²) in [5, 5.41) is 16.8. The van der Waals surface area contributed by atoms with Crippen LogP contribution in [0.1, 0.15) is 43.7 Å². The van der Waals surface area contributed by atoms with Crippen molar-refractivity contribution in [2.24, 2.45) is 5.14 Å². The highest BCUT2D eigenvalue weighted by molar-refractivity contribution is 7.89. The van der Waals surface area contributed by atoms with Crippen LogP contribution in [0.5, 0.6) is 11.5 Å². The van der Waals surface area contributed by atoms with E-state index >= 15 is 0 Å². The highest BCUT2D eigenvalue weighted by Gasteiger charge is 2.35. The molecule has 1 aromatic heterocycles.